The molecule has 7 aromatic carbocycles. The number of nitrogens with zero attached hydrogens (tertiary/aromatic N) is 3. The van der Waals surface area contributed by atoms with Crippen LogP contribution in [0.25, 0.3) is 88.5 Å². The summed E-state index contributed by atoms with van der Waals surface area (Å²) in [6, 6.07) is 57.8. The number of pyridine rings is 1. The van der Waals surface area contributed by atoms with E-state index in [9.17, 15) is 0 Å². The Morgan fingerprint density at radius 1 is 0.354 bits per heavy atom. The zero-order valence-corrected chi connectivity index (χ0v) is 26.1. The van der Waals surface area contributed by atoms with Crippen LogP contribution in [0, 0.1) is 0 Å². The molecule has 0 unspecified atom stereocenters. The topological polar surface area (TPSA) is 38.7 Å². The molecule has 0 aliphatic rings. The standard InChI is InChI=1S/C45H29N3/c1-2-11-33(12-3-1)45-47-42(28-43(48-45)35-14-8-13-34(26-35)37-15-9-25-46-29-37)32-22-19-31(20-23-32)41-27-36-24-21-30-10-4-5-16-38(30)44(36)40-18-7-6-17-39(40)41/h1-29H. The normalized spacial score (nSPS) is 11.3. The second-order valence-electron chi connectivity index (χ2n) is 12.1. The molecular weight excluding hydrogens is 583 g/mol. The van der Waals surface area contributed by atoms with E-state index in [-0.39, 0.29) is 0 Å². The number of aromatic nitrogens is 3. The molecule has 224 valence electrons. The molecule has 2 aromatic heterocycles. The van der Waals surface area contributed by atoms with Gasteiger partial charge in [-0.2, -0.15) is 0 Å². The summed E-state index contributed by atoms with van der Waals surface area (Å²) in [7, 11) is 0. The van der Waals surface area contributed by atoms with E-state index in [4.69, 9.17) is 9.97 Å². The van der Waals surface area contributed by atoms with Crippen LogP contribution in [0.1, 0.15) is 0 Å². The van der Waals surface area contributed by atoms with Crippen LogP contribution in [0.3, 0.4) is 0 Å². The summed E-state index contributed by atoms with van der Waals surface area (Å²) < 4.78 is 0. The minimum atomic E-state index is 0.701. The molecule has 0 aliphatic heterocycles. The summed E-state index contributed by atoms with van der Waals surface area (Å²) in [5.41, 5.74) is 9.38. The second-order valence-corrected chi connectivity index (χ2v) is 12.1. The molecule has 0 aliphatic carbocycles. The molecule has 3 heteroatoms. The van der Waals surface area contributed by atoms with Gasteiger partial charge in [0.2, 0.25) is 0 Å². The van der Waals surface area contributed by atoms with E-state index in [0.717, 1.165) is 39.2 Å². The Kier molecular flexibility index (Phi) is 6.80. The molecule has 0 amide bonds. The summed E-state index contributed by atoms with van der Waals surface area (Å²) >= 11 is 0. The maximum absolute atomic E-state index is 5.08. The molecule has 0 saturated carbocycles. The molecule has 0 radical (unpaired) electrons. The predicted octanol–water partition coefficient (Wildman–Crippen LogP) is 11.7. The molecule has 0 N–H and O–H groups in total. The fourth-order valence-electron chi connectivity index (χ4n) is 6.79. The molecule has 0 atom stereocenters. The van der Waals surface area contributed by atoms with Crippen LogP contribution < -0.4 is 0 Å². The summed E-state index contributed by atoms with van der Waals surface area (Å²) in [4.78, 5) is 14.5. The van der Waals surface area contributed by atoms with Crippen LogP contribution in [-0.2, 0) is 0 Å². The quantitative estimate of drug-likeness (QED) is 0.182. The van der Waals surface area contributed by atoms with Crippen molar-refractivity contribution in [3.05, 3.63) is 176 Å². The lowest BCUT2D eigenvalue weighted by Gasteiger charge is -2.14. The van der Waals surface area contributed by atoms with Crippen molar-refractivity contribution in [1.29, 1.82) is 0 Å². The van der Waals surface area contributed by atoms with Crippen molar-refractivity contribution in [3.63, 3.8) is 0 Å². The summed E-state index contributed by atoms with van der Waals surface area (Å²) in [6.45, 7) is 0. The van der Waals surface area contributed by atoms with Gasteiger partial charge in [-0.25, -0.2) is 9.97 Å². The largest absolute Gasteiger partial charge is 0.264 e. The summed E-state index contributed by atoms with van der Waals surface area (Å²) in [6.07, 6.45) is 3.69. The number of hydrogen-bond acceptors (Lipinski definition) is 3. The van der Waals surface area contributed by atoms with Crippen molar-refractivity contribution >= 4 is 32.3 Å². The molecule has 0 bridgehead atoms. The maximum Gasteiger partial charge on any atom is 0.160 e. The first-order valence-corrected chi connectivity index (χ1v) is 16.2. The van der Waals surface area contributed by atoms with Gasteiger partial charge in [0.05, 0.1) is 11.4 Å². The van der Waals surface area contributed by atoms with E-state index < -0.39 is 0 Å². The van der Waals surface area contributed by atoms with Crippen molar-refractivity contribution < 1.29 is 0 Å². The van der Waals surface area contributed by atoms with E-state index in [2.05, 4.69) is 145 Å². The van der Waals surface area contributed by atoms with Gasteiger partial charge in [-0.3, -0.25) is 4.98 Å². The van der Waals surface area contributed by atoms with Gasteiger partial charge in [0.15, 0.2) is 5.82 Å². The van der Waals surface area contributed by atoms with Gasteiger partial charge < -0.3 is 0 Å². The Hall–Kier alpha value is -6.45. The third-order valence-corrected chi connectivity index (χ3v) is 9.15. The Morgan fingerprint density at radius 3 is 1.81 bits per heavy atom. The molecular formula is C45H29N3. The van der Waals surface area contributed by atoms with Crippen molar-refractivity contribution in [1.82, 2.24) is 15.0 Å². The molecule has 9 aromatic rings. The number of benzene rings is 7. The molecule has 0 saturated heterocycles. The maximum atomic E-state index is 5.08. The van der Waals surface area contributed by atoms with Crippen LogP contribution in [0.5, 0.6) is 0 Å². The second kappa shape index (κ2) is 11.7. The Bertz CT molecular complexity index is 2590. The first-order valence-electron chi connectivity index (χ1n) is 16.2. The van der Waals surface area contributed by atoms with E-state index in [0.29, 0.717) is 5.82 Å². The SMILES string of the molecule is c1ccc(-c2nc(-c3ccc(-c4cc5ccc6ccccc6c5c5ccccc45)cc3)cc(-c3cccc(-c4cccnc4)c3)n2)cc1. The molecule has 48 heavy (non-hydrogen) atoms. The van der Waals surface area contributed by atoms with Gasteiger partial charge in [-0.1, -0.05) is 140 Å². The van der Waals surface area contributed by atoms with Crippen molar-refractivity contribution in [3.8, 4) is 56.2 Å². The fourth-order valence-corrected chi connectivity index (χ4v) is 6.79. The van der Waals surface area contributed by atoms with Gasteiger partial charge >= 0.3 is 0 Å². The van der Waals surface area contributed by atoms with Gasteiger partial charge in [0.1, 0.15) is 0 Å². The lowest BCUT2D eigenvalue weighted by atomic mass is 9.90. The van der Waals surface area contributed by atoms with Crippen LogP contribution in [0.15, 0.2) is 176 Å². The van der Waals surface area contributed by atoms with Crippen molar-refractivity contribution in [2.24, 2.45) is 0 Å². The monoisotopic (exact) mass is 611 g/mol. The number of hydrogen-bond donors (Lipinski definition) is 0. The smallest absolute Gasteiger partial charge is 0.160 e. The highest BCUT2D eigenvalue weighted by molar-refractivity contribution is 6.23. The zero-order valence-electron chi connectivity index (χ0n) is 26.1. The molecule has 0 spiro atoms. The van der Waals surface area contributed by atoms with Crippen LogP contribution in [-0.4, -0.2) is 15.0 Å². The molecule has 3 nitrogen and oxygen atoms in total. The highest BCUT2D eigenvalue weighted by atomic mass is 14.9. The van der Waals surface area contributed by atoms with Crippen molar-refractivity contribution in [2.75, 3.05) is 0 Å². The highest BCUT2D eigenvalue weighted by Crippen LogP contribution is 2.39. The van der Waals surface area contributed by atoms with Crippen molar-refractivity contribution in [2.45, 2.75) is 0 Å². The lowest BCUT2D eigenvalue weighted by Crippen LogP contribution is -1.96. The average molecular weight is 612 g/mol. The van der Waals surface area contributed by atoms with Crippen LogP contribution in [0.2, 0.25) is 0 Å². The Morgan fingerprint density at radius 2 is 1.00 bits per heavy atom. The van der Waals surface area contributed by atoms with E-state index in [1.807, 2.05) is 30.5 Å². The van der Waals surface area contributed by atoms with Gasteiger partial charge in [-0.15, -0.1) is 0 Å². The Balaban J connectivity index is 1.16. The summed E-state index contributed by atoms with van der Waals surface area (Å²) in [5.74, 6) is 0.701. The zero-order chi connectivity index (χ0) is 31.9. The first kappa shape index (κ1) is 27.8. The lowest BCUT2D eigenvalue weighted by molar-refractivity contribution is 1.18. The minimum absolute atomic E-state index is 0.701. The van der Waals surface area contributed by atoms with Gasteiger partial charge in [0.25, 0.3) is 0 Å². The van der Waals surface area contributed by atoms with E-state index >= 15 is 0 Å². The van der Waals surface area contributed by atoms with E-state index in [1.165, 1.54) is 43.4 Å². The van der Waals surface area contributed by atoms with Gasteiger partial charge in [0, 0.05) is 34.6 Å². The molecule has 9 rings (SSSR count). The van der Waals surface area contributed by atoms with Crippen LogP contribution >= 0.6 is 0 Å². The predicted molar refractivity (Wildman–Crippen MR) is 200 cm³/mol. The third-order valence-electron chi connectivity index (χ3n) is 9.15. The molecule has 2 heterocycles. The van der Waals surface area contributed by atoms with Crippen LogP contribution in [0.4, 0.5) is 0 Å². The Labute approximate surface area is 278 Å². The summed E-state index contributed by atoms with van der Waals surface area (Å²) in [5, 5.41) is 7.61. The number of fused-ring (bicyclic) bond motifs is 5. The van der Waals surface area contributed by atoms with Gasteiger partial charge in [-0.05, 0) is 73.3 Å². The first-order chi connectivity index (χ1) is 23.8. The fraction of sp³-hybridized carbons (Fsp3) is 0. The molecule has 0 fully saturated rings. The van der Waals surface area contributed by atoms with E-state index in [1.54, 1.807) is 6.20 Å². The average Bonchev–Trinajstić information content (AvgIpc) is 3.18. The highest BCUT2D eigenvalue weighted by Gasteiger charge is 2.14. The third kappa shape index (κ3) is 4.99. The minimum Gasteiger partial charge on any atom is -0.264 e. The number of rotatable bonds is 5.